The maximum atomic E-state index is 10.7. The Bertz CT molecular complexity index is 319. The Morgan fingerprint density at radius 1 is 1.62 bits per heavy atom. The van der Waals surface area contributed by atoms with E-state index in [1.165, 1.54) is 13.2 Å². The van der Waals surface area contributed by atoms with Gasteiger partial charge in [0.05, 0.1) is 12.8 Å². The van der Waals surface area contributed by atoms with Crippen molar-refractivity contribution in [3.63, 3.8) is 0 Å². The van der Waals surface area contributed by atoms with Crippen LogP contribution in [-0.2, 0) is 9.53 Å². The first-order valence-corrected chi connectivity index (χ1v) is 4.39. The Morgan fingerprint density at radius 2 is 2.38 bits per heavy atom. The summed E-state index contributed by atoms with van der Waals surface area (Å²) in [6.45, 7) is 0. The Morgan fingerprint density at radius 3 is 2.92 bits per heavy atom. The molecule has 0 fully saturated rings. The average Bonchev–Trinajstić information content (AvgIpc) is 2.16. The number of ether oxygens (including phenoxy) is 1. The number of carbonyl (C=O) groups excluding carboxylic acids is 1. The zero-order chi connectivity index (χ0) is 9.68. The third-order valence-electron chi connectivity index (χ3n) is 1.34. The minimum absolute atomic E-state index is 0.385. The van der Waals surface area contributed by atoms with Gasteiger partial charge in [-0.2, -0.15) is 0 Å². The monoisotopic (exact) mass is 241 g/mol. The molecule has 0 aromatic carbocycles. The van der Waals surface area contributed by atoms with Crippen molar-refractivity contribution in [2.75, 3.05) is 7.11 Å². The van der Waals surface area contributed by atoms with Gasteiger partial charge in [-0.15, -0.1) is 0 Å². The van der Waals surface area contributed by atoms with E-state index in [1.54, 1.807) is 18.3 Å². The van der Waals surface area contributed by atoms with Gasteiger partial charge in [-0.1, -0.05) is 0 Å². The first-order chi connectivity index (χ1) is 6.22. The van der Waals surface area contributed by atoms with Crippen molar-refractivity contribution in [2.24, 2.45) is 0 Å². The zero-order valence-electron chi connectivity index (χ0n) is 7.03. The molecule has 0 bridgehead atoms. The van der Waals surface area contributed by atoms with Crippen molar-refractivity contribution in [1.29, 1.82) is 0 Å². The van der Waals surface area contributed by atoms with Gasteiger partial charge in [0.25, 0.3) is 0 Å². The molecule has 3 nitrogen and oxygen atoms in total. The highest BCUT2D eigenvalue weighted by Crippen LogP contribution is 2.08. The highest BCUT2D eigenvalue weighted by Gasteiger charge is 1.92. The number of pyridine rings is 1. The van der Waals surface area contributed by atoms with Crippen LogP contribution in [0.2, 0.25) is 0 Å². The highest BCUT2D eigenvalue weighted by molar-refractivity contribution is 9.10. The number of hydrogen-bond acceptors (Lipinski definition) is 3. The van der Waals surface area contributed by atoms with Gasteiger partial charge in [0.1, 0.15) is 0 Å². The Hall–Kier alpha value is -1.16. The molecule has 0 saturated heterocycles. The van der Waals surface area contributed by atoms with E-state index in [9.17, 15) is 4.79 Å². The minimum atomic E-state index is -0.385. The summed E-state index contributed by atoms with van der Waals surface area (Å²) in [4.78, 5) is 14.7. The van der Waals surface area contributed by atoms with Gasteiger partial charge >= 0.3 is 5.97 Å². The number of halogens is 1. The van der Waals surface area contributed by atoms with Gasteiger partial charge in [-0.25, -0.2) is 4.79 Å². The summed E-state index contributed by atoms with van der Waals surface area (Å²) in [6, 6.07) is 3.65. The summed E-state index contributed by atoms with van der Waals surface area (Å²) in [5, 5.41) is 0. The van der Waals surface area contributed by atoms with Gasteiger partial charge < -0.3 is 4.74 Å². The van der Waals surface area contributed by atoms with Crippen molar-refractivity contribution in [3.05, 3.63) is 34.6 Å². The quantitative estimate of drug-likeness (QED) is 0.588. The summed E-state index contributed by atoms with van der Waals surface area (Å²) < 4.78 is 5.34. The minimum Gasteiger partial charge on any atom is -0.466 e. The molecule has 1 rings (SSSR count). The van der Waals surface area contributed by atoms with Crippen molar-refractivity contribution in [3.8, 4) is 0 Å². The highest BCUT2D eigenvalue weighted by atomic mass is 79.9. The molecule has 0 aliphatic rings. The number of carbonyl (C=O) groups is 1. The average molecular weight is 242 g/mol. The molecule has 0 aliphatic heterocycles. The van der Waals surface area contributed by atoms with Gasteiger partial charge in [0.2, 0.25) is 0 Å². The van der Waals surface area contributed by atoms with Crippen LogP contribution in [0.4, 0.5) is 0 Å². The van der Waals surface area contributed by atoms with E-state index in [2.05, 4.69) is 25.7 Å². The molecular formula is C9H8BrNO2. The lowest BCUT2D eigenvalue weighted by Gasteiger charge is -1.92. The van der Waals surface area contributed by atoms with Crippen LogP contribution in [0, 0.1) is 0 Å². The first kappa shape index (κ1) is 9.92. The fourth-order valence-electron chi connectivity index (χ4n) is 0.707. The molecule has 0 spiro atoms. The van der Waals surface area contributed by atoms with Crippen LogP contribution >= 0.6 is 15.9 Å². The predicted molar refractivity (Wildman–Crippen MR) is 53.0 cm³/mol. The molecule has 0 atom stereocenters. The predicted octanol–water partition coefficient (Wildman–Crippen LogP) is 2.03. The fourth-order valence-corrected chi connectivity index (χ4v) is 0.942. The van der Waals surface area contributed by atoms with Crippen LogP contribution in [0.25, 0.3) is 6.08 Å². The lowest BCUT2D eigenvalue weighted by atomic mass is 10.3. The van der Waals surface area contributed by atoms with Gasteiger partial charge in [-0.3, -0.25) is 4.98 Å². The molecule has 13 heavy (non-hydrogen) atoms. The zero-order valence-corrected chi connectivity index (χ0v) is 8.61. The fraction of sp³-hybridized carbons (Fsp3) is 0.111. The Balaban J connectivity index is 2.69. The topological polar surface area (TPSA) is 39.2 Å². The largest absolute Gasteiger partial charge is 0.466 e. The molecule has 1 aromatic heterocycles. The molecular weight excluding hydrogens is 234 g/mol. The van der Waals surface area contributed by atoms with Crippen LogP contribution in [-0.4, -0.2) is 18.1 Å². The van der Waals surface area contributed by atoms with E-state index in [0.717, 1.165) is 4.47 Å². The normalized spacial score (nSPS) is 10.3. The Labute approximate surface area is 84.6 Å². The molecule has 68 valence electrons. The van der Waals surface area contributed by atoms with Crippen molar-refractivity contribution in [2.45, 2.75) is 0 Å². The molecule has 0 aliphatic carbocycles. The van der Waals surface area contributed by atoms with E-state index < -0.39 is 0 Å². The van der Waals surface area contributed by atoms with E-state index in [-0.39, 0.29) is 5.97 Å². The summed E-state index contributed by atoms with van der Waals surface area (Å²) in [5.74, 6) is -0.385. The molecule has 1 heterocycles. The summed E-state index contributed by atoms with van der Waals surface area (Å²) in [7, 11) is 1.34. The first-order valence-electron chi connectivity index (χ1n) is 3.60. The van der Waals surface area contributed by atoms with E-state index >= 15 is 0 Å². The maximum absolute atomic E-state index is 10.7. The van der Waals surface area contributed by atoms with Crippen LogP contribution in [0.1, 0.15) is 5.69 Å². The number of hydrogen-bond donors (Lipinski definition) is 0. The lowest BCUT2D eigenvalue weighted by Crippen LogP contribution is -1.93. The number of aromatic nitrogens is 1. The molecule has 0 radical (unpaired) electrons. The van der Waals surface area contributed by atoms with Crippen molar-refractivity contribution in [1.82, 2.24) is 4.98 Å². The second-order valence-electron chi connectivity index (χ2n) is 2.26. The summed E-state index contributed by atoms with van der Waals surface area (Å²) >= 11 is 3.26. The molecule has 0 N–H and O–H groups in total. The number of nitrogens with zero attached hydrogens (tertiary/aromatic N) is 1. The molecule has 1 aromatic rings. The third kappa shape index (κ3) is 3.38. The van der Waals surface area contributed by atoms with Gasteiger partial charge in [-0.05, 0) is 34.1 Å². The number of esters is 1. The number of rotatable bonds is 2. The SMILES string of the molecule is COC(=O)C=Cc1ccc(Br)cn1. The summed E-state index contributed by atoms with van der Waals surface area (Å²) in [6.07, 6.45) is 4.59. The maximum Gasteiger partial charge on any atom is 0.330 e. The standard InChI is InChI=1S/C9H8BrNO2/c1-13-9(12)5-4-8-3-2-7(10)6-11-8/h2-6H,1H3. The van der Waals surface area contributed by atoms with Crippen molar-refractivity contribution >= 4 is 28.0 Å². The Kier molecular flexibility index (Phi) is 3.64. The van der Waals surface area contributed by atoms with E-state index in [4.69, 9.17) is 0 Å². The number of methoxy groups -OCH3 is 1. The molecule has 0 unspecified atom stereocenters. The molecule has 0 amide bonds. The van der Waals surface area contributed by atoms with Crippen molar-refractivity contribution < 1.29 is 9.53 Å². The van der Waals surface area contributed by atoms with Crippen LogP contribution in [0.3, 0.4) is 0 Å². The second kappa shape index (κ2) is 4.77. The second-order valence-corrected chi connectivity index (χ2v) is 3.17. The van der Waals surface area contributed by atoms with Crippen LogP contribution < -0.4 is 0 Å². The molecule has 0 saturated carbocycles. The van der Waals surface area contributed by atoms with Gasteiger partial charge in [0, 0.05) is 16.7 Å². The van der Waals surface area contributed by atoms with E-state index in [0.29, 0.717) is 5.69 Å². The van der Waals surface area contributed by atoms with Gasteiger partial charge in [0.15, 0.2) is 0 Å². The summed E-state index contributed by atoms with van der Waals surface area (Å²) in [5.41, 5.74) is 0.716. The smallest absolute Gasteiger partial charge is 0.330 e. The van der Waals surface area contributed by atoms with Crippen LogP contribution in [0.15, 0.2) is 28.9 Å². The third-order valence-corrected chi connectivity index (χ3v) is 1.81. The van der Waals surface area contributed by atoms with E-state index in [1.807, 2.05) is 6.07 Å². The lowest BCUT2D eigenvalue weighted by molar-refractivity contribution is -0.134. The van der Waals surface area contributed by atoms with Crippen LogP contribution in [0.5, 0.6) is 0 Å². The molecule has 4 heteroatoms.